The predicted molar refractivity (Wildman–Crippen MR) is 55.3 cm³/mol. The molecular formula is C6H17NO6P2. The molecule has 2 unspecified atom stereocenters. The molecule has 92 valence electrons. The average molecular weight is 261 g/mol. The third-order valence-corrected chi connectivity index (χ3v) is 5.87. The molecule has 0 bridgehead atoms. The Kier molecular flexibility index (Phi) is 6.21. The summed E-state index contributed by atoms with van der Waals surface area (Å²) >= 11 is 0. The molecule has 7 nitrogen and oxygen atoms in total. The normalized spacial score (nSPS) is 18.5. The zero-order valence-corrected chi connectivity index (χ0v) is 10.4. The van der Waals surface area contributed by atoms with Crippen LogP contribution in [-0.4, -0.2) is 26.6 Å². The van der Waals surface area contributed by atoms with Crippen molar-refractivity contribution in [2.45, 2.75) is 32.1 Å². The van der Waals surface area contributed by atoms with Crippen LogP contribution in [0.5, 0.6) is 0 Å². The molecule has 0 aromatic rings. The van der Waals surface area contributed by atoms with Gasteiger partial charge in [-0.25, -0.2) is 4.62 Å². The van der Waals surface area contributed by atoms with E-state index in [4.69, 9.17) is 9.79 Å². The molecule has 15 heavy (non-hydrogen) atoms. The third-order valence-electron chi connectivity index (χ3n) is 1.79. The van der Waals surface area contributed by atoms with Crippen molar-refractivity contribution in [3.8, 4) is 0 Å². The molecule has 0 spiro atoms. The van der Waals surface area contributed by atoms with E-state index in [9.17, 15) is 14.0 Å². The Morgan fingerprint density at radius 3 is 2.27 bits per heavy atom. The Bertz CT molecular complexity index is 277. The van der Waals surface area contributed by atoms with Gasteiger partial charge in [-0.15, -0.1) is 0 Å². The van der Waals surface area contributed by atoms with Gasteiger partial charge in [0.1, 0.15) is 0 Å². The minimum absolute atomic E-state index is 0.356. The van der Waals surface area contributed by atoms with E-state index in [-0.39, 0.29) is 0 Å². The van der Waals surface area contributed by atoms with Crippen LogP contribution in [-0.2, 0) is 13.8 Å². The third kappa shape index (κ3) is 5.78. The molecule has 0 aromatic carbocycles. The molecule has 9 heteroatoms. The van der Waals surface area contributed by atoms with Crippen molar-refractivity contribution in [3.05, 3.63) is 0 Å². The summed E-state index contributed by atoms with van der Waals surface area (Å²) in [5.41, 5.74) is 2.22. The van der Waals surface area contributed by atoms with Crippen LogP contribution in [0.1, 0.15) is 26.7 Å². The monoisotopic (exact) mass is 261 g/mol. The molecule has 0 saturated carbocycles. The highest BCUT2D eigenvalue weighted by Crippen LogP contribution is 2.61. The maximum atomic E-state index is 11.3. The average Bonchev–Trinajstić information content (AvgIpc) is 2.10. The van der Waals surface area contributed by atoms with Gasteiger partial charge in [-0.1, -0.05) is 13.3 Å². The summed E-state index contributed by atoms with van der Waals surface area (Å²) in [6, 6.07) is 0. The van der Waals surface area contributed by atoms with Gasteiger partial charge in [-0.05, 0) is 13.3 Å². The largest absolute Gasteiger partial charge is 0.359 e. The minimum atomic E-state index is -4.61. The van der Waals surface area contributed by atoms with E-state index in [1.807, 2.05) is 6.92 Å². The minimum Gasteiger partial charge on any atom is -0.324 e. The highest BCUT2D eigenvalue weighted by molar-refractivity contribution is 7.71. The number of rotatable bonds is 7. The van der Waals surface area contributed by atoms with Gasteiger partial charge in [0.15, 0.2) is 5.40 Å². The van der Waals surface area contributed by atoms with Gasteiger partial charge in [0.2, 0.25) is 0 Å². The van der Waals surface area contributed by atoms with Crippen LogP contribution in [0, 0.1) is 0 Å². The Morgan fingerprint density at radius 2 is 1.87 bits per heavy atom. The lowest BCUT2D eigenvalue weighted by Gasteiger charge is -2.19. The molecule has 4 N–H and O–H groups in total. The number of hydroxylamine groups is 1. The van der Waals surface area contributed by atoms with E-state index in [0.717, 1.165) is 19.8 Å². The van der Waals surface area contributed by atoms with Crippen LogP contribution < -0.4 is 5.48 Å². The first-order valence-electron chi connectivity index (χ1n) is 4.51. The zero-order valence-electron chi connectivity index (χ0n) is 8.66. The lowest BCUT2D eigenvalue weighted by molar-refractivity contribution is 0.162. The van der Waals surface area contributed by atoms with Crippen molar-refractivity contribution in [1.29, 1.82) is 0 Å². The second-order valence-corrected chi connectivity index (χ2v) is 7.57. The quantitative estimate of drug-likeness (QED) is 0.307. The summed E-state index contributed by atoms with van der Waals surface area (Å²) in [5, 5.41) is -1.72. The van der Waals surface area contributed by atoms with Crippen molar-refractivity contribution in [2.24, 2.45) is 0 Å². The summed E-state index contributed by atoms with van der Waals surface area (Å²) < 4.78 is 26.4. The lowest BCUT2D eigenvalue weighted by atomic mass is 10.3. The van der Waals surface area contributed by atoms with Crippen LogP contribution in [0.15, 0.2) is 0 Å². The molecular weight excluding hydrogens is 244 g/mol. The SMILES string of the molecule is CCCCNOP(=O)(O)C(C)P(=O)(O)O. The molecule has 0 aliphatic heterocycles. The van der Waals surface area contributed by atoms with Gasteiger partial charge < -0.3 is 14.7 Å². The molecule has 0 fully saturated rings. The van der Waals surface area contributed by atoms with Crippen molar-refractivity contribution < 1.29 is 28.4 Å². The smallest absolute Gasteiger partial charge is 0.324 e. The van der Waals surface area contributed by atoms with E-state index >= 15 is 0 Å². The van der Waals surface area contributed by atoms with Gasteiger partial charge in [0.05, 0.1) is 0 Å². The van der Waals surface area contributed by atoms with Gasteiger partial charge in [0, 0.05) is 6.54 Å². The van der Waals surface area contributed by atoms with E-state index in [2.05, 4.69) is 10.1 Å². The molecule has 0 aromatic heterocycles. The summed E-state index contributed by atoms with van der Waals surface area (Å²) in [4.78, 5) is 26.6. The van der Waals surface area contributed by atoms with Gasteiger partial charge in [0.25, 0.3) is 0 Å². The Labute approximate surface area is 88.5 Å². The van der Waals surface area contributed by atoms with Crippen molar-refractivity contribution in [2.75, 3.05) is 6.54 Å². The van der Waals surface area contributed by atoms with E-state index in [0.29, 0.717) is 6.54 Å². The van der Waals surface area contributed by atoms with Crippen LogP contribution in [0.25, 0.3) is 0 Å². The number of nitrogens with one attached hydrogen (secondary N) is 1. The summed E-state index contributed by atoms with van der Waals surface area (Å²) in [7, 11) is -8.93. The fraction of sp³-hybridized carbons (Fsp3) is 1.00. The second kappa shape index (κ2) is 6.11. The second-order valence-electron chi connectivity index (χ2n) is 3.12. The van der Waals surface area contributed by atoms with Crippen LogP contribution >= 0.6 is 15.2 Å². The topological polar surface area (TPSA) is 116 Å². The molecule has 0 rings (SSSR count). The molecule has 0 aliphatic rings. The zero-order chi connectivity index (χ0) is 12.1. The first-order valence-corrected chi connectivity index (χ1v) is 7.83. The van der Waals surface area contributed by atoms with E-state index < -0.39 is 20.6 Å². The number of unbranched alkanes of at least 4 members (excludes halogenated alkanes) is 1. The summed E-state index contributed by atoms with van der Waals surface area (Å²) in [6.07, 6.45) is 1.62. The Hall–Kier alpha value is 0.260. The standard InChI is InChI=1S/C6H17NO6P2/c1-3-4-5-7-13-15(11,12)6(2)14(8,9)10/h6-7H,3-5H2,1-2H3,(H,11,12)(H2,8,9,10). The Morgan fingerprint density at radius 1 is 1.33 bits per heavy atom. The first-order chi connectivity index (χ1) is 6.72. The van der Waals surface area contributed by atoms with Crippen molar-refractivity contribution >= 4 is 15.2 Å². The van der Waals surface area contributed by atoms with Crippen molar-refractivity contribution in [3.63, 3.8) is 0 Å². The van der Waals surface area contributed by atoms with Gasteiger partial charge in [-0.3, -0.25) is 9.13 Å². The number of hydrogen-bond acceptors (Lipinski definition) is 4. The Balaban J connectivity index is 4.18. The lowest BCUT2D eigenvalue weighted by Crippen LogP contribution is -2.18. The summed E-state index contributed by atoms with van der Waals surface area (Å²) in [6.45, 7) is 3.26. The van der Waals surface area contributed by atoms with Crippen LogP contribution in [0.2, 0.25) is 0 Å². The van der Waals surface area contributed by atoms with E-state index in [1.54, 1.807) is 0 Å². The fourth-order valence-corrected chi connectivity index (χ4v) is 2.74. The fourth-order valence-electron chi connectivity index (χ4n) is 0.653. The van der Waals surface area contributed by atoms with Crippen molar-refractivity contribution in [1.82, 2.24) is 5.48 Å². The highest BCUT2D eigenvalue weighted by Gasteiger charge is 2.41. The predicted octanol–water partition coefficient (Wildman–Crippen LogP) is 1.02. The molecule has 0 saturated heterocycles. The molecule has 0 radical (unpaired) electrons. The first kappa shape index (κ1) is 15.3. The van der Waals surface area contributed by atoms with Crippen LogP contribution in [0.3, 0.4) is 0 Å². The maximum absolute atomic E-state index is 11.3. The van der Waals surface area contributed by atoms with Crippen LogP contribution in [0.4, 0.5) is 0 Å². The molecule has 0 amide bonds. The molecule has 0 heterocycles. The summed E-state index contributed by atoms with van der Waals surface area (Å²) in [5.74, 6) is 0. The molecule has 2 atom stereocenters. The number of hydrogen-bond donors (Lipinski definition) is 4. The van der Waals surface area contributed by atoms with Gasteiger partial charge in [-0.2, -0.15) is 5.48 Å². The molecule has 0 aliphatic carbocycles. The highest BCUT2D eigenvalue weighted by atomic mass is 31.2. The van der Waals surface area contributed by atoms with Gasteiger partial charge >= 0.3 is 15.2 Å². The maximum Gasteiger partial charge on any atom is 0.359 e. The van der Waals surface area contributed by atoms with E-state index in [1.165, 1.54) is 0 Å².